The summed E-state index contributed by atoms with van der Waals surface area (Å²) in [6.07, 6.45) is 0. The van der Waals surface area contributed by atoms with E-state index in [9.17, 15) is 0 Å². The Kier molecular flexibility index (Phi) is 6.84. The second kappa shape index (κ2) is 11.8. The van der Waals surface area contributed by atoms with Crippen LogP contribution in [-0.4, -0.2) is 0 Å². The van der Waals surface area contributed by atoms with Crippen molar-refractivity contribution in [1.82, 2.24) is 0 Å². The molecule has 9 aromatic rings. The van der Waals surface area contributed by atoms with Crippen molar-refractivity contribution in [1.29, 1.82) is 0 Å². The van der Waals surface area contributed by atoms with Crippen molar-refractivity contribution in [3.05, 3.63) is 188 Å². The molecular weight excluding hydrogens is 583 g/mol. The van der Waals surface area contributed by atoms with Crippen LogP contribution in [0.15, 0.2) is 192 Å². The lowest BCUT2D eigenvalue weighted by Gasteiger charge is -2.28. The van der Waals surface area contributed by atoms with E-state index in [1.807, 2.05) is 12.1 Å². The van der Waals surface area contributed by atoms with Crippen LogP contribution in [-0.2, 0) is 0 Å². The van der Waals surface area contributed by atoms with Crippen molar-refractivity contribution in [2.24, 2.45) is 0 Å². The maximum absolute atomic E-state index is 6.28. The number of anilines is 3. The number of benzene rings is 8. The SMILES string of the molecule is c1ccc(-c2ccc(-c3ccc(N(c4ccc5ccc6oc7ccccc7c6c5c4)c4ccccc4-c4ccccc4)cc3)cc2)cc1. The van der Waals surface area contributed by atoms with Crippen LogP contribution < -0.4 is 4.90 Å². The summed E-state index contributed by atoms with van der Waals surface area (Å²) in [5.74, 6) is 0. The van der Waals surface area contributed by atoms with Gasteiger partial charge in [-0.2, -0.15) is 0 Å². The monoisotopic (exact) mass is 613 g/mol. The van der Waals surface area contributed by atoms with Crippen LogP contribution >= 0.6 is 0 Å². The van der Waals surface area contributed by atoms with Crippen molar-refractivity contribution in [3.63, 3.8) is 0 Å². The molecule has 0 saturated carbocycles. The van der Waals surface area contributed by atoms with Crippen LogP contribution in [0.5, 0.6) is 0 Å². The Morgan fingerprint density at radius 1 is 0.354 bits per heavy atom. The van der Waals surface area contributed by atoms with E-state index >= 15 is 0 Å². The lowest BCUT2D eigenvalue weighted by Crippen LogP contribution is -2.11. The normalized spacial score (nSPS) is 11.3. The Labute approximate surface area is 279 Å². The van der Waals surface area contributed by atoms with Gasteiger partial charge in [0.25, 0.3) is 0 Å². The van der Waals surface area contributed by atoms with E-state index < -0.39 is 0 Å². The third kappa shape index (κ3) is 4.92. The molecule has 0 aliphatic rings. The summed E-state index contributed by atoms with van der Waals surface area (Å²) < 4.78 is 6.28. The maximum Gasteiger partial charge on any atom is 0.136 e. The van der Waals surface area contributed by atoms with Gasteiger partial charge in [0.1, 0.15) is 11.2 Å². The number of para-hydroxylation sites is 2. The predicted octanol–water partition coefficient (Wildman–Crippen LogP) is 13.2. The minimum atomic E-state index is 0.903. The van der Waals surface area contributed by atoms with Crippen molar-refractivity contribution in [3.8, 4) is 33.4 Å². The fourth-order valence-corrected chi connectivity index (χ4v) is 6.92. The first-order valence-corrected chi connectivity index (χ1v) is 16.3. The Balaban J connectivity index is 1.19. The van der Waals surface area contributed by atoms with E-state index in [1.54, 1.807) is 0 Å². The summed E-state index contributed by atoms with van der Waals surface area (Å²) in [4.78, 5) is 2.38. The summed E-state index contributed by atoms with van der Waals surface area (Å²) in [5, 5.41) is 4.64. The number of nitrogens with zero attached hydrogens (tertiary/aromatic N) is 1. The minimum Gasteiger partial charge on any atom is -0.456 e. The summed E-state index contributed by atoms with van der Waals surface area (Å²) in [6, 6.07) is 66.9. The first kappa shape index (κ1) is 27.9. The lowest BCUT2D eigenvalue weighted by molar-refractivity contribution is 0.669. The molecule has 1 heterocycles. The van der Waals surface area contributed by atoms with Gasteiger partial charge in [0.05, 0.1) is 5.69 Å². The zero-order valence-corrected chi connectivity index (χ0v) is 26.3. The molecule has 2 nitrogen and oxygen atoms in total. The molecule has 0 spiro atoms. The largest absolute Gasteiger partial charge is 0.456 e. The second-order valence-electron chi connectivity index (χ2n) is 12.2. The molecule has 0 saturated heterocycles. The van der Waals surface area contributed by atoms with Crippen LogP contribution in [0.25, 0.3) is 66.1 Å². The molecule has 9 rings (SSSR count). The molecule has 0 atom stereocenters. The van der Waals surface area contributed by atoms with Gasteiger partial charge in [0.2, 0.25) is 0 Å². The standard InChI is InChI=1S/C46H31NO/c1-3-11-32(12-4-1)33-19-21-34(22-20-33)35-23-27-38(28-24-35)47(43-17-9-7-15-40(43)36-13-5-2-6-14-36)39-29-25-37-26-30-45-46(42(37)31-39)41-16-8-10-18-44(41)48-45/h1-31H. The third-order valence-corrected chi connectivity index (χ3v) is 9.28. The van der Waals surface area contributed by atoms with Gasteiger partial charge in [0.15, 0.2) is 0 Å². The van der Waals surface area contributed by atoms with E-state index in [-0.39, 0.29) is 0 Å². The highest BCUT2D eigenvalue weighted by Gasteiger charge is 2.19. The Hall–Kier alpha value is -6.38. The first-order chi connectivity index (χ1) is 23.8. The van der Waals surface area contributed by atoms with Gasteiger partial charge >= 0.3 is 0 Å². The highest BCUT2D eigenvalue weighted by Crippen LogP contribution is 2.43. The van der Waals surface area contributed by atoms with Crippen LogP contribution in [0.1, 0.15) is 0 Å². The predicted molar refractivity (Wildman–Crippen MR) is 202 cm³/mol. The zero-order valence-electron chi connectivity index (χ0n) is 26.3. The van der Waals surface area contributed by atoms with Crippen molar-refractivity contribution in [2.75, 3.05) is 4.90 Å². The molecule has 48 heavy (non-hydrogen) atoms. The van der Waals surface area contributed by atoms with Crippen molar-refractivity contribution >= 4 is 49.8 Å². The summed E-state index contributed by atoms with van der Waals surface area (Å²) in [5.41, 5.74) is 12.3. The first-order valence-electron chi connectivity index (χ1n) is 16.3. The molecular formula is C46H31NO. The van der Waals surface area contributed by atoms with Crippen LogP contribution in [0.4, 0.5) is 17.1 Å². The van der Waals surface area contributed by atoms with Gasteiger partial charge < -0.3 is 9.32 Å². The van der Waals surface area contributed by atoms with Crippen LogP contribution in [0.3, 0.4) is 0 Å². The highest BCUT2D eigenvalue weighted by atomic mass is 16.3. The molecule has 0 aliphatic heterocycles. The van der Waals surface area contributed by atoms with E-state index in [4.69, 9.17) is 4.42 Å². The minimum absolute atomic E-state index is 0.903. The van der Waals surface area contributed by atoms with E-state index in [2.05, 4.69) is 181 Å². The number of hydrogen-bond donors (Lipinski definition) is 0. The molecule has 0 radical (unpaired) electrons. The molecule has 2 heteroatoms. The number of hydrogen-bond acceptors (Lipinski definition) is 2. The van der Waals surface area contributed by atoms with Crippen molar-refractivity contribution in [2.45, 2.75) is 0 Å². The van der Waals surface area contributed by atoms with Crippen molar-refractivity contribution < 1.29 is 4.42 Å². The molecule has 0 fully saturated rings. The Morgan fingerprint density at radius 3 is 1.62 bits per heavy atom. The van der Waals surface area contributed by atoms with Gasteiger partial charge in [-0.3, -0.25) is 0 Å². The van der Waals surface area contributed by atoms with Gasteiger partial charge in [0, 0.05) is 27.7 Å². The average Bonchev–Trinajstić information content (AvgIpc) is 3.56. The molecule has 0 aliphatic carbocycles. The lowest BCUT2D eigenvalue weighted by atomic mass is 9.99. The Bertz CT molecular complexity index is 2530. The van der Waals surface area contributed by atoms with Gasteiger partial charge in [-0.05, 0) is 81.1 Å². The van der Waals surface area contributed by atoms with Gasteiger partial charge in [-0.1, -0.05) is 146 Å². The quantitative estimate of drug-likeness (QED) is 0.185. The van der Waals surface area contributed by atoms with Crippen LogP contribution in [0.2, 0.25) is 0 Å². The summed E-state index contributed by atoms with van der Waals surface area (Å²) in [7, 11) is 0. The number of furan rings is 1. The molecule has 1 aromatic heterocycles. The topological polar surface area (TPSA) is 16.4 Å². The smallest absolute Gasteiger partial charge is 0.136 e. The molecule has 0 N–H and O–H groups in total. The van der Waals surface area contributed by atoms with E-state index in [0.29, 0.717) is 0 Å². The highest BCUT2D eigenvalue weighted by molar-refractivity contribution is 6.19. The van der Waals surface area contributed by atoms with Crippen LogP contribution in [0, 0.1) is 0 Å². The molecule has 8 aromatic carbocycles. The molecule has 0 unspecified atom stereocenters. The average molecular weight is 614 g/mol. The number of rotatable bonds is 6. The molecule has 226 valence electrons. The van der Waals surface area contributed by atoms with E-state index in [1.165, 1.54) is 44.2 Å². The molecule has 0 bridgehead atoms. The molecule has 0 amide bonds. The van der Waals surface area contributed by atoms with Gasteiger partial charge in [-0.25, -0.2) is 0 Å². The fourth-order valence-electron chi connectivity index (χ4n) is 6.92. The number of fused-ring (bicyclic) bond motifs is 5. The third-order valence-electron chi connectivity index (χ3n) is 9.28. The van der Waals surface area contributed by atoms with E-state index in [0.717, 1.165) is 39.0 Å². The summed E-state index contributed by atoms with van der Waals surface area (Å²) in [6.45, 7) is 0. The Morgan fingerprint density at radius 2 is 0.896 bits per heavy atom. The van der Waals surface area contributed by atoms with Gasteiger partial charge in [-0.15, -0.1) is 0 Å². The fraction of sp³-hybridized carbons (Fsp3) is 0. The maximum atomic E-state index is 6.28. The summed E-state index contributed by atoms with van der Waals surface area (Å²) >= 11 is 0. The zero-order chi connectivity index (χ0) is 31.9. The second-order valence-corrected chi connectivity index (χ2v) is 12.2.